The first-order valence-electron chi connectivity index (χ1n) is 11.0. The molecule has 1 saturated heterocycles. The topological polar surface area (TPSA) is 125 Å². The first kappa shape index (κ1) is 22.9. The van der Waals surface area contributed by atoms with Gasteiger partial charge in [0.2, 0.25) is 17.5 Å². The molecule has 3 heterocycles. The first-order chi connectivity index (χ1) is 16.5. The summed E-state index contributed by atoms with van der Waals surface area (Å²) in [6.07, 6.45) is 2.30. The zero-order valence-electron chi connectivity index (χ0n) is 19.0. The lowest BCUT2D eigenvalue weighted by atomic mass is 9.96. The number of ether oxygens (including phenoxy) is 1. The first-order valence-corrected chi connectivity index (χ1v) is 11.0. The second kappa shape index (κ2) is 10.1. The van der Waals surface area contributed by atoms with E-state index < -0.39 is 6.09 Å². The number of nitrogens with one attached hydrogen (secondary N) is 1. The van der Waals surface area contributed by atoms with Gasteiger partial charge in [0, 0.05) is 37.4 Å². The molecule has 10 heteroatoms. The third-order valence-corrected chi connectivity index (χ3v) is 5.66. The lowest BCUT2D eigenvalue weighted by Crippen LogP contribution is -2.38. The molecule has 0 bridgehead atoms. The minimum atomic E-state index is -0.436. The summed E-state index contributed by atoms with van der Waals surface area (Å²) in [6, 6.07) is 12.5. The number of piperidine rings is 1. The van der Waals surface area contributed by atoms with E-state index >= 15 is 0 Å². The molecule has 2 amide bonds. The van der Waals surface area contributed by atoms with Crippen molar-refractivity contribution in [2.45, 2.75) is 19.8 Å². The Balaban J connectivity index is 1.34. The molecule has 3 aromatic rings. The molecule has 0 radical (unpaired) electrons. The van der Waals surface area contributed by atoms with Gasteiger partial charge < -0.3 is 23.8 Å². The lowest BCUT2D eigenvalue weighted by Gasteiger charge is -2.31. The predicted molar refractivity (Wildman–Crippen MR) is 124 cm³/mol. The molecule has 0 saturated carbocycles. The number of carbonyl (C=O) groups is 2. The monoisotopic (exact) mass is 463 g/mol. The van der Waals surface area contributed by atoms with E-state index in [4.69, 9.17) is 13.6 Å². The third-order valence-electron chi connectivity index (χ3n) is 5.66. The molecule has 10 nitrogen and oxygen atoms in total. The standard InChI is InChI=1S/C24H25N5O5/c1-3-32-24(31)28(2)18-8-6-17(7-9-18)26-21(30)16-10-12-29(13-11-16)23-19(15-25)27-22(34-23)20-5-4-14-33-20/h4-9,14,16H,3,10-13H2,1-2H3,(H,26,30). The SMILES string of the molecule is CCOC(=O)N(C)c1ccc(NC(=O)C2CCN(c3oc(-c4ccco4)nc3C#N)CC2)cc1. The fourth-order valence-corrected chi connectivity index (χ4v) is 3.79. The van der Waals surface area contributed by atoms with Gasteiger partial charge in [0.05, 0.1) is 12.9 Å². The predicted octanol–water partition coefficient (Wildman–Crippen LogP) is 4.25. The van der Waals surface area contributed by atoms with Gasteiger partial charge in [-0.25, -0.2) is 4.79 Å². The van der Waals surface area contributed by atoms with Crippen LogP contribution in [0.1, 0.15) is 25.5 Å². The molecule has 1 aromatic carbocycles. The van der Waals surface area contributed by atoms with Crippen LogP contribution in [0, 0.1) is 17.2 Å². The summed E-state index contributed by atoms with van der Waals surface area (Å²) < 4.78 is 16.1. The summed E-state index contributed by atoms with van der Waals surface area (Å²) >= 11 is 0. The van der Waals surface area contributed by atoms with Crippen LogP contribution < -0.4 is 15.1 Å². The van der Waals surface area contributed by atoms with Gasteiger partial charge in [0.25, 0.3) is 5.89 Å². The average molecular weight is 463 g/mol. The van der Waals surface area contributed by atoms with Crippen molar-refractivity contribution in [2.75, 3.05) is 41.9 Å². The summed E-state index contributed by atoms with van der Waals surface area (Å²) in [5.74, 6) is 0.871. The van der Waals surface area contributed by atoms with Crippen LogP contribution in [0.3, 0.4) is 0 Å². The molecule has 1 fully saturated rings. The maximum Gasteiger partial charge on any atom is 0.413 e. The van der Waals surface area contributed by atoms with Crippen molar-refractivity contribution in [3.63, 3.8) is 0 Å². The highest BCUT2D eigenvalue weighted by atomic mass is 16.6. The normalized spacial score (nSPS) is 13.9. The molecule has 0 unspecified atom stereocenters. The van der Waals surface area contributed by atoms with Crippen molar-refractivity contribution in [2.24, 2.45) is 5.92 Å². The molecule has 1 aliphatic rings. The highest BCUT2D eigenvalue weighted by Gasteiger charge is 2.29. The third kappa shape index (κ3) is 4.88. The van der Waals surface area contributed by atoms with Gasteiger partial charge >= 0.3 is 6.09 Å². The molecular formula is C24H25N5O5. The fraction of sp³-hybridized carbons (Fsp3) is 0.333. The van der Waals surface area contributed by atoms with Gasteiger partial charge in [0.1, 0.15) is 6.07 Å². The molecule has 1 N–H and O–H groups in total. The van der Waals surface area contributed by atoms with Gasteiger partial charge in [-0.3, -0.25) is 9.69 Å². The quantitative estimate of drug-likeness (QED) is 0.575. The van der Waals surface area contributed by atoms with E-state index in [-0.39, 0.29) is 23.4 Å². The molecule has 2 aromatic heterocycles. The van der Waals surface area contributed by atoms with E-state index in [1.165, 1.54) is 11.2 Å². The van der Waals surface area contributed by atoms with Crippen molar-refractivity contribution in [1.29, 1.82) is 5.26 Å². The minimum Gasteiger partial charge on any atom is -0.459 e. The molecule has 1 aliphatic heterocycles. The number of nitrogens with zero attached hydrogens (tertiary/aromatic N) is 4. The van der Waals surface area contributed by atoms with Crippen LogP contribution >= 0.6 is 0 Å². The number of aromatic nitrogens is 1. The molecule has 34 heavy (non-hydrogen) atoms. The Hall–Kier alpha value is -4.26. The number of amides is 2. The summed E-state index contributed by atoms with van der Waals surface area (Å²) in [5, 5.41) is 12.4. The number of anilines is 3. The van der Waals surface area contributed by atoms with E-state index in [1.54, 1.807) is 50.4 Å². The van der Waals surface area contributed by atoms with Crippen molar-refractivity contribution < 1.29 is 23.2 Å². The Labute approximate surface area is 196 Å². The van der Waals surface area contributed by atoms with Gasteiger partial charge in [-0.2, -0.15) is 10.2 Å². The Morgan fingerprint density at radius 2 is 2.00 bits per heavy atom. The van der Waals surface area contributed by atoms with Crippen LogP contribution in [-0.2, 0) is 9.53 Å². The van der Waals surface area contributed by atoms with Crippen LogP contribution in [0.5, 0.6) is 0 Å². The van der Waals surface area contributed by atoms with Crippen LogP contribution in [0.2, 0.25) is 0 Å². The van der Waals surface area contributed by atoms with Gasteiger partial charge in [-0.05, 0) is 56.2 Å². The van der Waals surface area contributed by atoms with Gasteiger partial charge in [0.15, 0.2) is 5.76 Å². The van der Waals surface area contributed by atoms with Crippen molar-refractivity contribution in [3.8, 4) is 17.7 Å². The maximum absolute atomic E-state index is 12.8. The van der Waals surface area contributed by atoms with Gasteiger partial charge in [-0.1, -0.05) is 0 Å². The Morgan fingerprint density at radius 3 is 2.62 bits per heavy atom. The van der Waals surface area contributed by atoms with Crippen LogP contribution in [-0.4, -0.2) is 43.7 Å². The minimum absolute atomic E-state index is 0.0690. The Kier molecular flexibility index (Phi) is 6.82. The molecule has 176 valence electrons. The highest BCUT2D eigenvalue weighted by Crippen LogP contribution is 2.31. The molecule has 4 rings (SSSR count). The number of carbonyl (C=O) groups excluding carboxylic acids is 2. The van der Waals surface area contributed by atoms with E-state index in [0.717, 1.165) is 0 Å². The Morgan fingerprint density at radius 1 is 1.26 bits per heavy atom. The van der Waals surface area contributed by atoms with E-state index in [2.05, 4.69) is 16.4 Å². The number of nitriles is 1. The molecular weight excluding hydrogens is 438 g/mol. The van der Waals surface area contributed by atoms with Crippen molar-refractivity contribution >= 4 is 29.3 Å². The van der Waals surface area contributed by atoms with Crippen molar-refractivity contribution in [1.82, 2.24) is 4.98 Å². The summed E-state index contributed by atoms with van der Waals surface area (Å²) in [6.45, 7) is 3.17. The number of hydrogen-bond donors (Lipinski definition) is 1. The smallest absolute Gasteiger partial charge is 0.413 e. The van der Waals surface area contributed by atoms with E-state index in [9.17, 15) is 14.9 Å². The Bertz CT molecular complexity index is 1170. The number of furan rings is 1. The molecule has 0 spiro atoms. The summed E-state index contributed by atoms with van der Waals surface area (Å²) in [5.41, 5.74) is 1.51. The molecule has 0 aliphatic carbocycles. The second-order valence-corrected chi connectivity index (χ2v) is 7.82. The number of oxazole rings is 1. The van der Waals surface area contributed by atoms with E-state index in [1.807, 2.05) is 4.90 Å². The maximum atomic E-state index is 12.8. The number of benzene rings is 1. The number of rotatable bonds is 6. The number of hydrogen-bond acceptors (Lipinski definition) is 8. The summed E-state index contributed by atoms with van der Waals surface area (Å²) in [4.78, 5) is 32.2. The average Bonchev–Trinajstić information content (AvgIpc) is 3.54. The molecule has 0 atom stereocenters. The van der Waals surface area contributed by atoms with Gasteiger partial charge in [-0.15, -0.1) is 0 Å². The fourth-order valence-electron chi connectivity index (χ4n) is 3.79. The van der Waals surface area contributed by atoms with Crippen molar-refractivity contribution in [3.05, 3.63) is 48.4 Å². The summed E-state index contributed by atoms with van der Waals surface area (Å²) in [7, 11) is 1.63. The van der Waals surface area contributed by atoms with Crippen LogP contribution in [0.15, 0.2) is 51.5 Å². The van der Waals surface area contributed by atoms with E-state index in [0.29, 0.717) is 55.6 Å². The zero-order chi connectivity index (χ0) is 24.1. The zero-order valence-corrected chi connectivity index (χ0v) is 19.0. The van der Waals surface area contributed by atoms with Crippen LogP contribution in [0.25, 0.3) is 11.7 Å². The lowest BCUT2D eigenvalue weighted by molar-refractivity contribution is -0.120. The second-order valence-electron chi connectivity index (χ2n) is 7.82. The van der Waals surface area contributed by atoms with Crippen LogP contribution in [0.4, 0.5) is 22.1 Å². The largest absolute Gasteiger partial charge is 0.459 e. The highest BCUT2D eigenvalue weighted by molar-refractivity contribution is 5.93.